The summed E-state index contributed by atoms with van der Waals surface area (Å²) in [5, 5.41) is 7.79. The van der Waals surface area contributed by atoms with Gasteiger partial charge in [0, 0.05) is 36.7 Å². The molecule has 0 aliphatic carbocycles. The molecule has 32 heavy (non-hydrogen) atoms. The number of carbonyl (C=O) groups is 1. The molecule has 1 aliphatic heterocycles. The minimum Gasteiger partial charge on any atom is -0.410 e. The highest BCUT2D eigenvalue weighted by Crippen LogP contribution is 2.29. The number of carbonyl (C=O) groups excluding carboxylic acids is 1. The molecule has 0 unspecified atom stereocenters. The highest BCUT2D eigenvalue weighted by Gasteiger charge is 2.30. The van der Waals surface area contributed by atoms with Gasteiger partial charge >= 0.3 is 12.3 Å². The Morgan fingerprint density at radius 3 is 2.47 bits per heavy atom. The number of thioether (sulfide) groups is 1. The van der Waals surface area contributed by atoms with E-state index >= 15 is 0 Å². The van der Waals surface area contributed by atoms with E-state index in [0.717, 1.165) is 30.7 Å². The zero-order chi connectivity index (χ0) is 22.6. The number of H-pyrrole nitrogens is 1. The Balaban J connectivity index is 1.26. The number of hydrogen-bond donors (Lipinski definition) is 1. The van der Waals surface area contributed by atoms with Crippen LogP contribution >= 0.6 is 11.8 Å². The number of aromatic nitrogens is 4. The molecule has 0 radical (unpaired) electrons. The van der Waals surface area contributed by atoms with Crippen molar-refractivity contribution in [1.82, 2.24) is 25.1 Å². The largest absolute Gasteiger partial charge is 0.417 e. The second kappa shape index (κ2) is 9.60. The maximum absolute atomic E-state index is 12.6. The lowest BCUT2D eigenvalue weighted by Gasteiger charge is -2.30. The lowest BCUT2D eigenvalue weighted by atomic mass is 10.1. The average molecular weight is 463 g/mol. The number of pyridine rings is 1. The van der Waals surface area contributed by atoms with E-state index in [9.17, 15) is 18.0 Å². The number of nitrogens with zero attached hydrogens (tertiary/aromatic N) is 4. The third-order valence-electron chi connectivity index (χ3n) is 5.03. The van der Waals surface area contributed by atoms with Crippen molar-refractivity contribution in [2.24, 2.45) is 0 Å². The van der Waals surface area contributed by atoms with Crippen molar-refractivity contribution in [3.8, 4) is 5.75 Å². The van der Waals surface area contributed by atoms with Gasteiger partial charge in [-0.05, 0) is 42.7 Å². The Bertz CT molecular complexity index is 1020. The van der Waals surface area contributed by atoms with E-state index in [0.29, 0.717) is 41.4 Å². The molecule has 7 nitrogen and oxygen atoms in total. The maximum Gasteiger partial charge on any atom is 0.417 e. The SMILES string of the molecule is O=C(Oc1ccc(Cc2ccc(C(F)(F)F)cn2)cc1)N1CCC(Sc2nc[nH]n2)CC1. The highest BCUT2D eigenvalue weighted by atomic mass is 32.2. The van der Waals surface area contributed by atoms with E-state index in [-0.39, 0.29) is 0 Å². The number of nitrogens with one attached hydrogen (secondary N) is 1. The normalized spacial score (nSPS) is 15.0. The minimum atomic E-state index is -4.40. The Hall–Kier alpha value is -3.08. The number of hydrogen-bond acceptors (Lipinski definition) is 6. The minimum absolute atomic E-state index is 0.355. The molecule has 0 saturated carbocycles. The van der Waals surface area contributed by atoms with Gasteiger partial charge in [-0.25, -0.2) is 9.78 Å². The molecule has 3 aromatic rings. The summed E-state index contributed by atoms with van der Waals surface area (Å²) in [5.41, 5.74) is 0.597. The van der Waals surface area contributed by atoms with Crippen LogP contribution in [0.1, 0.15) is 29.7 Å². The van der Waals surface area contributed by atoms with Gasteiger partial charge in [-0.1, -0.05) is 23.9 Å². The first-order valence-electron chi connectivity index (χ1n) is 9.97. The van der Waals surface area contributed by atoms with E-state index < -0.39 is 17.8 Å². The summed E-state index contributed by atoms with van der Waals surface area (Å²) < 4.78 is 43.4. The zero-order valence-electron chi connectivity index (χ0n) is 16.9. The van der Waals surface area contributed by atoms with Gasteiger partial charge in [-0.2, -0.15) is 13.2 Å². The molecule has 2 aromatic heterocycles. The molecule has 1 amide bonds. The smallest absolute Gasteiger partial charge is 0.410 e. The summed E-state index contributed by atoms with van der Waals surface area (Å²) in [6.45, 7) is 1.19. The predicted octanol–water partition coefficient (Wildman–Crippen LogP) is 4.56. The number of rotatable bonds is 5. The van der Waals surface area contributed by atoms with Crippen molar-refractivity contribution in [2.75, 3.05) is 13.1 Å². The molecule has 1 saturated heterocycles. The molecule has 168 valence electrons. The van der Waals surface area contributed by atoms with Crippen LogP contribution in [0.4, 0.5) is 18.0 Å². The van der Waals surface area contributed by atoms with Crippen LogP contribution in [0.3, 0.4) is 0 Å². The van der Waals surface area contributed by atoms with E-state index in [4.69, 9.17) is 4.74 Å². The molecule has 3 heterocycles. The summed E-state index contributed by atoms with van der Waals surface area (Å²) in [6.07, 6.45) is -0.396. The molecule has 1 N–H and O–H groups in total. The second-order valence-electron chi connectivity index (χ2n) is 7.31. The number of benzene rings is 1. The van der Waals surface area contributed by atoms with Crippen molar-refractivity contribution in [3.05, 3.63) is 65.7 Å². The number of likely N-dealkylation sites (tertiary alicyclic amines) is 1. The lowest BCUT2D eigenvalue weighted by Crippen LogP contribution is -2.40. The third-order valence-corrected chi connectivity index (χ3v) is 6.24. The molecular formula is C21H20F3N5O2S. The van der Waals surface area contributed by atoms with Crippen LogP contribution in [0.5, 0.6) is 5.75 Å². The van der Waals surface area contributed by atoms with Crippen LogP contribution < -0.4 is 4.74 Å². The lowest BCUT2D eigenvalue weighted by molar-refractivity contribution is -0.137. The Kier molecular flexibility index (Phi) is 6.63. The van der Waals surface area contributed by atoms with Crippen molar-refractivity contribution < 1.29 is 22.7 Å². The number of amides is 1. The first-order chi connectivity index (χ1) is 15.4. The Morgan fingerprint density at radius 2 is 1.88 bits per heavy atom. The standard InChI is InChI=1S/C21H20F3N5O2S/c22-21(23,24)15-3-4-16(25-12-15)11-14-1-5-17(6-2-14)31-20(30)29-9-7-18(8-10-29)32-19-26-13-27-28-19/h1-6,12-13,18H,7-11H2,(H,26,27,28). The fourth-order valence-electron chi connectivity index (χ4n) is 3.31. The van der Waals surface area contributed by atoms with Crippen molar-refractivity contribution in [3.63, 3.8) is 0 Å². The van der Waals surface area contributed by atoms with Crippen molar-refractivity contribution in [2.45, 2.75) is 35.8 Å². The van der Waals surface area contributed by atoms with Gasteiger partial charge in [-0.15, -0.1) is 5.10 Å². The first kappa shape index (κ1) is 22.1. The predicted molar refractivity (Wildman–Crippen MR) is 111 cm³/mol. The molecule has 11 heteroatoms. The first-order valence-corrected chi connectivity index (χ1v) is 10.8. The fraction of sp³-hybridized carbons (Fsp3) is 0.333. The van der Waals surface area contributed by atoms with Crippen LogP contribution in [-0.4, -0.2) is 49.5 Å². The van der Waals surface area contributed by atoms with Gasteiger partial charge in [0.1, 0.15) is 12.1 Å². The monoisotopic (exact) mass is 463 g/mol. The van der Waals surface area contributed by atoms with Crippen LogP contribution in [-0.2, 0) is 12.6 Å². The summed E-state index contributed by atoms with van der Waals surface area (Å²) in [4.78, 5) is 22.1. The number of alkyl halides is 3. The van der Waals surface area contributed by atoms with Gasteiger partial charge in [0.25, 0.3) is 0 Å². The number of halogens is 3. The number of piperidine rings is 1. The average Bonchev–Trinajstić information content (AvgIpc) is 3.28. The Morgan fingerprint density at radius 1 is 1.12 bits per heavy atom. The molecular weight excluding hydrogens is 443 g/mol. The third kappa shape index (κ3) is 5.78. The maximum atomic E-state index is 12.6. The molecule has 4 rings (SSSR count). The highest BCUT2D eigenvalue weighted by molar-refractivity contribution is 7.99. The van der Waals surface area contributed by atoms with E-state index in [1.54, 1.807) is 47.3 Å². The van der Waals surface area contributed by atoms with Crippen molar-refractivity contribution >= 4 is 17.9 Å². The summed E-state index contributed by atoms with van der Waals surface area (Å²) in [6, 6.07) is 9.25. The molecule has 0 atom stereocenters. The molecule has 1 aliphatic rings. The van der Waals surface area contributed by atoms with Gasteiger partial charge in [0.05, 0.1) is 5.56 Å². The van der Waals surface area contributed by atoms with Crippen LogP contribution in [0.2, 0.25) is 0 Å². The molecule has 1 aromatic carbocycles. The fourth-order valence-corrected chi connectivity index (χ4v) is 4.27. The van der Waals surface area contributed by atoms with Gasteiger partial charge in [0.2, 0.25) is 5.16 Å². The summed E-state index contributed by atoms with van der Waals surface area (Å²) in [5.74, 6) is 0.413. The van der Waals surface area contributed by atoms with Crippen LogP contribution in [0.25, 0.3) is 0 Å². The van der Waals surface area contributed by atoms with Crippen LogP contribution in [0, 0.1) is 0 Å². The number of aromatic amines is 1. The quantitative estimate of drug-likeness (QED) is 0.597. The molecule has 0 bridgehead atoms. The molecule has 0 spiro atoms. The summed E-state index contributed by atoms with van der Waals surface area (Å²) in [7, 11) is 0. The van der Waals surface area contributed by atoms with Crippen LogP contribution in [0.15, 0.2) is 54.1 Å². The van der Waals surface area contributed by atoms with E-state index in [1.165, 1.54) is 6.07 Å². The van der Waals surface area contributed by atoms with E-state index in [1.807, 2.05) is 0 Å². The van der Waals surface area contributed by atoms with E-state index in [2.05, 4.69) is 20.2 Å². The molecule has 1 fully saturated rings. The summed E-state index contributed by atoms with van der Waals surface area (Å²) >= 11 is 1.60. The van der Waals surface area contributed by atoms with Gasteiger partial charge in [0.15, 0.2) is 0 Å². The topological polar surface area (TPSA) is 84.0 Å². The van der Waals surface area contributed by atoms with Crippen molar-refractivity contribution in [1.29, 1.82) is 0 Å². The zero-order valence-corrected chi connectivity index (χ0v) is 17.7. The Labute approximate surface area is 186 Å². The van der Waals surface area contributed by atoms with Gasteiger partial charge < -0.3 is 9.64 Å². The number of ether oxygens (including phenoxy) is 1. The van der Waals surface area contributed by atoms with Gasteiger partial charge in [-0.3, -0.25) is 10.1 Å². The second-order valence-corrected chi connectivity index (χ2v) is 8.58.